The van der Waals surface area contributed by atoms with Gasteiger partial charge in [-0.2, -0.15) is 0 Å². The quantitative estimate of drug-likeness (QED) is 0.619. The summed E-state index contributed by atoms with van der Waals surface area (Å²) in [7, 11) is 1.94. The van der Waals surface area contributed by atoms with Crippen LogP contribution in [0.3, 0.4) is 0 Å². The molecule has 4 heteroatoms. The van der Waals surface area contributed by atoms with Gasteiger partial charge in [0.15, 0.2) is 12.4 Å². The number of hydrogen-bond acceptors (Lipinski definition) is 1. The van der Waals surface area contributed by atoms with Crippen LogP contribution in [0.5, 0.6) is 0 Å². The summed E-state index contributed by atoms with van der Waals surface area (Å²) < 4.78 is 4.10. The molecular weight excluding hydrogens is 325 g/mol. The Balaban J connectivity index is 0.000000316. The molecule has 0 saturated heterocycles. The van der Waals surface area contributed by atoms with Crippen molar-refractivity contribution >= 4 is 24.0 Å². The molecule has 17 heavy (non-hydrogen) atoms. The zero-order chi connectivity index (χ0) is 11.6. The van der Waals surface area contributed by atoms with Crippen molar-refractivity contribution in [2.75, 3.05) is 0 Å². The lowest BCUT2D eigenvalue weighted by atomic mass is 10.3. The van der Waals surface area contributed by atoms with Crippen LogP contribution >= 0.6 is 24.0 Å². The second-order valence-electron chi connectivity index (χ2n) is 3.70. The van der Waals surface area contributed by atoms with Crippen LogP contribution in [-0.4, -0.2) is 9.55 Å². The smallest absolute Gasteiger partial charge is 0.168 e. The molecule has 2 heterocycles. The van der Waals surface area contributed by atoms with Crippen LogP contribution in [0.2, 0.25) is 0 Å². The minimum atomic E-state index is 0. The molecule has 0 fully saturated rings. The molecule has 0 amide bonds. The van der Waals surface area contributed by atoms with Gasteiger partial charge in [-0.1, -0.05) is 19.4 Å². The topological polar surface area (TPSA) is 21.7 Å². The molecule has 0 spiro atoms. The number of hydrogen-bond donors (Lipinski definition) is 0. The molecule has 0 radical (unpaired) electrons. The molecule has 94 valence electrons. The Labute approximate surface area is 121 Å². The van der Waals surface area contributed by atoms with Gasteiger partial charge in [-0.25, -0.2) is 9.55 Å². The summed E-state index contributed by atoms with van der Waals surface area (Å²) in [6, 6.07) is 6.17. The van der Waals surface area contributed by atoms with E-state index in [-0.39, 0.29) is 24.0 Å². The largest absolute Gasteiger partial charge is 0.341 e. The Bertz CT molecular complexity index is 359. The Hall–Kier alpha value is -0.910. The maximum Gasteiger partial charge on any atom is 0.168 e. The van der Waals surface area contributed by atoms with E-state index in [2.05, 4.69) is 41.0 Å². The molecule has 0 unspecified atom stereocenters. The first-order valence-electron chi connectivity index (χ1n) is 5.69. The molecule has 0 aliphatic rings. The van der Waals surface area contributed by atoms with Gasteiger partial charge < -0.3 is 4.57 Å². The van der Waals surface area contributed by atoms with E-state index < -0.39 is 0 Å². The number of rotatable bonds is 3. The van der Waals surface area contributed by atoms with Crippen molar-refractivity contribution in [3.05, 3.63) is 49.3 Å². The van der Waals surface area contributed by atoms with Crippen molar-refractivity contribution in [3.8, 4) is 0 Å². The summed E-state index contributed by atoms with van der Waals surface area (Å²) in [5, 5.41) is 0. The lowest BCUT2D eigenvalue weighted by Gasteiger charge is -1.91. The third-order valence-corrected chi connectivity index (χ3v) is 2.18. The average Bonchev–Trinajstić information content (AvgIpc) is 2.80. The van der Waals surface area contributed by atoms with Crippen molar-refractivity contribution in [1.29, 1.82) is 0 Å². The van der Waals surface area contributed by atoms with Gasteiger partial charge in [0.2, 0.25) is 0 Å². The van der Waals surface area contributed by atoms with Crippen molar-refractivity contribution in [3.63, 3.8) is 0 Å². The normalized spacial score (nSPS) is 8.82. The van der Waals surface area contributed by atoms with E-state index in [1.54, 1.807) is 12.5 Å². The van der Waals surface area contributed by atoms with E-state index in [9.17, 15) is 0 Å². The standard InChI is InChI=1S/C9H14N.C4H6N2.HI/c1-2-3-7-10-8-5-4-6-9-10;1-6-3-2-5-4-6;/h4-6,8-9H,2-3,7H2,1H3;2-4H,1H3;1H/q+1;;. The van der Waals surface area contributed by atoms with Crippen molar-refractivity contribution in [2.24, 2.45) is 7.05 Å². The number of imidazole rings is 1. The maximum atomic E-state index is 3.78. The summed E-state index contributed by atoms with van der Waals surface area (Å²) in [5.41, 5.74) is 0. The zero-order valence-corrected chi connectivity index (χ0v) is 12.8. The molecule has 0 atom stereocenters. The SMILES string of the molecule is CCCC[n+]1ccccc1.Cn1ccnc1.I. The highest BCUT2D eigenvalue weighted by Crippen LogP contribution is 1.85. The molecule has 3 nitrogen and oxygen atoms in total. The van der Waals surface area contributed by atoms with Gasteiger partial charge >= 0.3 is 0 Å². The summed E-state index contributed by atoms with van der Waals surface area (Å²) >= 11 is 0. The summed E-state index contributed by atoms with van der Waals surface area (Å²) in [6.07, 6.45) is 12.1. The summed E-state index contributed by atoms with van der Waals surface area (Å²) in [5.74, 6) is 0. The van der Waals surface area contributed by atoms with Crippen molar-refractivity contribution in [2.45, 2.75) is 26.3 Å². The van der Waals surface area contributed by atoms with Gasteiger partial charge in [-0.15, -0.1) is 24.0 Å². The monoisotopic (exact) mass is 346 g/mol. The van der Waals surface area contributed by atoms with Gasteiger partial charge in [0.1, 0.15) is 6.54 Å². The highest BCUT2D eigenvalue weighted by atomic mass is 127. The number of aromatic nitrogens is 3. The maximum absolute atomic E-state index is 3.78. The van der Waals surface area contributed by atoms with E-state index in [0.29, 0.717) is 0 Å². The van der Waals surface area contributed by atoms with Crippen LogP contribution in [0.1, 0.15) is 19.8 Å². The zero-order valence-electron chi connectivity index (χ0n) is 10.5. The van der Waals surface area contributed by atoms with Crippen LogP contribution in [0.4, 0.5) is 0 Å². The van der Waals surface area contributed by atoms with E-state index in [1.165, 1.54) is 12.8 Å². The number of aryl methyl sites for hydroxylation is 2. The first-order valence-corrected chi connectivity index (χ1v) is 5.69. The van der Waals surface area contributed by atoms with Gasteiger partial charge in [0.05, 0.1) is 6.33 Å². The molecule has 0 aromatic carbocycles. The fourth-order valence-corrected chi connectivity index (χ4v) is 1.25. The van der Waals surface area contributed by atoms with Crippen LogP contribution in [0.15, 0.2) is 49.3 Å². The van der Waals surface area contributed by atoms with E-state index >= 15 is 0 Å². The number of pyridine rings is 1. The van der Waals surface area contributed by atoms with Crippen molar-refractivity contribution < 1.29 is 4.57 Å². The lowest BCUT2D eigenvalue weighted by molar-refractivity contribution is -0.697. The first-order chi connectivity index (χ1) is 7.83. The molecule has 0 aliphatic heterocycles. The predicted octanol–water partition coefficient (Wildman–Crippen LogP) is 2.81. The molecule has 0 N–H and O–H groups in total. The van der Waals surface area contributed by atoms with Gasteiger partial charge in [-0.3, -0.25) is 0 Å². The predicted molar refractivity (Wildman–Crippen MR) is 80.2 cm³/mol. The molecular formula is C13H21IN3+. The van der Waals surface area contributed by atoms with Crippen molar-refractivity contribution in [1.82, 2.24) is 9.55 Å². The van der Waals surface area contributed by atoms with Crippen LogP contribution in [-0.2, 0) is 13.6 Å². The molecule has 0 bridgehead atoms. The highest BCUT2D eigenvalue weighted by molar-refractivity contribution is 14.0. The van der Waals surface area contributed by atoms with Gasteiger partial charge in [0, 0.05) is 38.0 Å². The third kappa shape index (κ3) is 7.90. The van der Waals surface area contributed by atoms with Crippen LogP contribution < -0.4 is 4.57 Å². The molecule has 0 aliphatic carbocycles. The minimum Gasteiger partial charge on any atom is -0.341 e. The van der Waals surface area contributed by atoms with E-state index in [0.717, 1.165) is 6.54 Å². The van der Waals surface area contributed by atoms with E-state index in [4.69, 9.17) is 0 Å². The molecule has 2 aromatic rings. The summed E-state index contributed by atoms with van der Waals surface area (Å²) in [6.45, 7) is 3.36. The van der Waals surface area contributed by atoms with Gasteiger partial charge in [-0.05, 0) is 0 Å². The molecule has 0 saturated carbocycles. The average molecular weight is 346 g/mol. The molecule has 2 aromatic heterocycles. The number of unbranched alkanes of at least 4 members (excludes halogenated alkanes) is 1. The third-order valence-electron chi connectivity index (χ3n) is 2.18. The molecule has 2 rings (SSSR count). The Morgan fingerprint density at radius 1 is 1.18 bits per heavy atom. The Morgan fingerprint density at radius 3 is 2.29 bits per heavy atom. The Morgan fingerprint density at radius 2 is 1.88 bits per heavy atom. The minimum absolute atomic E-state index is 0. The fraction of sp³-hybridized carbons (Fsp3) is 0.385. The second kappa shape index (κ2) is 10.3. The first kappa shape index (κ1) is 16.1. The summed E-state index contributed by atoms with van der Waals surface area (Å²) in [4.78, 5) is 3.78. The number of halogens is 1. The Kier molecular flexibility index (Phi) is 9.71. The van der Waals surface area contributed by atoms with Gasteiger partial charge in [0.25, 0.3) is 0 Å². The fourth-order valence-electron chi connectivity index (χ4n) is 1.25. The highest BCUT2D eigenvalue weighted by Gasteiger charge is 1.93. The van der Waals surface area contributed by atoms with Crippen LogP contribution in [0.25, 0.3) is 0 Å². The number of nitrogens with zero attached hydrogens (tertiary/aromatic N) is 3. The van der Waals surface area contributed by atoms with Crippen LogP contribution in [0, 0.1) is 0 Å². The van der Waals surface area contributed by atoms with E-state index in [1.807, 2.05) is 23.9 Å². The second-order valence-corrected chi connectivity index (χ2v) is 3.70. The lowest BCUT2D eigenvalue weighted by Crippen LogP contribution is -2.31.